The summed E-state index contributed by atoms with van der Waals surface area (Å²) in [5.41, 5.74) is 7.07. The fraction of sp³-hybridized carbons (Fsp3) is 0.278. The van der Waals surface area contributed by atoms with Crippen LogP contribution in [0.15, 0.2) is 59.6 Å². The van der Waals surface area contributed by atoms with Crippen molar-refractivity contribution < 1.29 is 4.74 Å². The molecule has 0 aromatic heterocycles. The van der Waals surface area contributed by atoms with Crippen molar-refractivity contribution >= 4 is 29.9 Å². The first-order valence-corrected chi connectivity index (χ1v) is 7.57. The Morgan fingerprint density at radius 3 is 2.48 bits per heavy atom. The summed E-state index contributed by atoms with van der Waals surface area (Å²) in [4.78, 5) is 6.55. The van der Waals surface area contributed by atoms with Gasteiger partial charge in [0.15, 0.2) is 5.96 Å². The summed E-state index contributed by atoms with van der Waals surface area (Å²) >= 11 is 0. The fourth-order valence-corrected chi connectivity index (χ4v) is 2.28. The van der Waals surface area contributed by atoms with Crippen LogP contribution in [0, 0.1) is 0 Å². The quantitative estimate of drug-likeness (QED) is 0.449. The first-order valence-electron chi connectivity index (χ1n) is 7.57. The molecule has 0 bridgehead atoms. The fourth-order valence-electron chi connectivity index (χ4n) is 2.28. The Hall–Kier alpha value is -1.76. The lowest BCUT2D eigenvalue weighted by Gasteiger charge is -2.17. The highest BCUT2D eigenvalue weighted by molar-refractivity contribution is 14.0. The molecule has 1 aliphatic rings. The molecule has 2 N–H and O–H groups in total. The number of aliphatic imine (C=N–C) groups is 1. The lowest BCUT2D eigenvalue weighted by molar-refractivity contribution is 0.474. The topological polar surface area (TPSA) is 50.8 Å². The summed E-state index contributed by atoms with van der Waals surface area (Å²) in [6, 6.07) is 18.3. The minimum absolute atomic E-state index is 0. The number of guanidine groups is 1. The van der Waals surface area contributed by atoms with Gasteiger partial charge in [0.25, 0.3) is 0 Å². The van der Waals surface area contributed by atoms with Crippen molar-refractivity contribution in [3.8, 4) is 11.5 Å². The molecule has 2 aromatic rings. The second kappa shape index (κ2) is 8.19. The average Bonchev–Trinajstić information content (AvgIpc) is 3.39. The second-order valence-electron chi connectivity index (χ2n) is 5.54. The van der Waals surface area contributed by atoms with E-state index in [0.717, 1.165) is 17.1 Å². The summed E-state index contributed by atoms with van der Waals surface area (Å²) in [6.07, 6.45) is 2.42. The normalized spacial score (nSPS) is 14.0. The van der Waals surface area contributed by atoms with Crippen molar-refractivity contribution in [3.05, 3.63) is 60.2 Å². The molecular formula is C18H22IN3O. The number of nitrogens with two attached hydrogens (primary N) is 1. The van der Waals surface area contributed by atoms with Crippen LogP contribution < -0.4 is 10.5 Å². The Morgan fingerprint density at radius 1 is 1.13 bits per heavy atom. The molecule has 23 heavy (non-hydrogen) atoms. The number of nitrogens with zero attached hydrogens (tertiary/aromatic N) is 2. The molecular weight excluding hydrogens is 401 g/mol. The molecule has 1 saturated carbocycles. The SMILES string of the molecule is CN(C(N)=NCc1ccccc1Oc1ccccc1)C1CC1.I. The molecule has 3 rings (SSSR count). The minimum atomic E-state index is 0. The third-order valence-electron chi connectivity index (χ3n) is 3.81. The molecule has 4 nitrogen and oxygen atoms in total. The second-order valence-corrected chi connectivity index (χ2v) is 5.54. The van der Waals surface area contributed by atoms with Crippen LogP contribution in [0.5, 0.6) is 11.5 Å². The van der Waals surface area contributed by atoms with Gasteiger partial charge in [-0.05, 0) is 31.0 Å². The molecule has 5 heteroatoms. The van der Waals surface area contributed by atoms with Crippen molar-refractivity contribution in [2.45, 2.75) is 25.4 Å². The van der Waals surface area contributed by atoms with E-state index in [1.165, 1.54) is 12.8 Å². The molecule has 1 fully saturated rings. The molecule has 0 aliphatic heterocycles. The van der Waals surface area contributed by atoms with E-state index in [9.17, 15) is 0 Å². The molecule has 122 valence electrons. The van der Waals surface area contributed by atoms with Crippen LogP contribution >= 0.6 is 24.0 Å². The van der Waals surface area contributed by atoms with Crippen molar-refractivity contribution in [2.24, 2.45) is 10.7 Å². The number of halogens is 1. The molecule has 0 heterocycles. The van der Waals surface area contributed by atoms with E-state index in [-0.39, 0.29) is 24.0 Å². The Kier molecular flexibility index (Phi) is 6.27. The zero-order valence-corrected chi connectivity index (χ0v) is 15.5. The van der Waals surface area contributed by atoms with Gasteiger partial charge in [-0.2, -0.15) is 0 Å². The molecule has 0 amide bonds. The highest BCUT2D eigenvalue weighted by Gasteiger charge is 2.27. The molecule has 0 unspecified atom stereocenters. The molecule has 0 spiro atoms. The first kappa shape index (κ1) is 17.6. The van der Waals surface area contributed by atoms with Gasteiger partial charge in [0, 0.05) is 18.7 Å². The van der Waals surface area contributed by atoms with Gasteiger partial charge in [0.05, 0.1) is 6.54 Å². The minimum Gasteiger partial charge on any atom is -0.457 e. The predicted octanol–water partition coefficient (Wildman–Crippen LogP) is 4.01. The van der Waals surface area contributed by atoms with E-state index in [2.05, 4.69) is 9.89 Å². The van der Waals surface area contributed by atoms with E-state index in [1.54, 1.807) is 0 Å². The summed E-state index contributed by atoms with van der Waals surface area (Å²) in [5.74, 6) is 2.23. The van der Waals surface area contributed by atoms with Crippen LogP contribution in [0.1, 0.15) is 18.4 Å². The van der Waals surface area contributed by atoms with E-state index < -0.39 is 0 Å². The zero-order valence-electron chi connectivity index (χ0n) is 13.2. The monoisotopic (exact) mass is 423 g/mol. The van der Waals surface area contributed by atoms with Crippen LogP contribution in [-0.2, 0) is 6.54 Å². The smallest absolute Gasteiger partial charge is 0.191 e. The van der Waals surface area contributed by atoms with Gasteiger partial charge in [-0.15, -0.1) is 24.0 Å². The van der Waals surface area contributed by atoms with Gasteiger partial charge in [-0.3, -0.25) is 0 Å². The molecule has 0 radical (unpaired) electrons. The molecule has 1 aliphatic carbocycles. The third-order valence-corrected chi connectivity index (χ3v) is 3.81. The number of hydrogen-bond acceptors (Lipinski definition) is 2. The Bertz CT molecular complexity index is 656. The van der Waals surface area contributed by atoms with Crippen LogP contribution in [0.4, 0.5) is 0 Å². The first-order chi connectivity index (χ1) is 10.7. The van der Waals surface area contributed by atoms with Crippen molar-refractivity contribution in [1.82, 2.24) is 4.90 Å². The summed E-state index contributed by atoms with van der Waals surface area (Å²) < 4.78 is 5.94. The van der Waals surface area contributed by atoms with Crippen molar-refractivity contribution in [2.75, 3.05) is 7.05 Å². The molecule has 2 aromatic carbocycles. The Labute approximate surface area is 154 Å². The maximum atomic E-state index is 6.04. The molecule has 0 saturated heterocycles. The number of ether oxygens (including phenoxy) is 1. The lowest BCUT2D eigenvalue weighted by atomic mass is 10.2. The number of para-hydroxylation sites is 2. The number of benzene rings is 2. The van der Waals surface area contributed by atoms with Gasteiger partial charge >= 0.3 is 0 Å². The van der Waals surface area contributed by atoms with Crippen molar-refractivity contribution in [3.63, 3.8) is 0 Å². The van der Waals surface area contributed by atoms with E-state index in [4.69, 9.17) is 10.5 Å². The van der Waals surface area contributed by atoms with Gasteiger partial charge in [-0.1, -0.05) is 36.4 Å². The lowest BCUT2D eigenvalue weighted by Crippen LogP contribution is -2.35. The van der Waals surface area contributed by atoms with E-state index in [1.807, 2.05) is 61.6 Å². The largest absolute Gasteiger partial charge is 0.457 e. The number of rotatable bonds is 5. The van der Waals surface area contributed by atoms with E-state index in [0.29, 0.717) is 18.5 Å². The third kappa shape index (κ3) is 4.86. The molecule has 0 atom stereocenters. The predicted molar refractivity (Wildman–Crippen MR) is 104 cm³/mol. The van der Waals surface area contributed by atoms with Crippen molar-refractivity contribution in [1.29, 1.82) is 0 Å². The van der Waals surface area contributed by atoms with Gasteiger partial charge in [0.2, 0.25) is 0 Å². The van der Waals surface area contributed by atoms with Gasteiger partial charge in [-0.25, -0.2) is 4.99 Å². The maximum Gasteiger partial charge on any atom is 0.191 e. The Balaban J connectivity index is 0.00000192. The summed E-state index contributed by atoms with van der Waals surface area (Å²) in [7, 11) is 2.00. The van der Waals surface area contributed by atoms with Gasteiger partial charge < -0.3 is 15.4 Å². The standard InChI is InChI=1S/C18H21N3O.HI/c1-21(15-11-12-15)18(19)20-13-14-7-5-6-10-17(14)22-16-8-3-2-4-9-16;/h2-10,15H,11-13H2,1H3,(H2,19,20);1H. The van der Waals surface area contributed by atoms with Crippen LogP contribution in [0.25, 0.3) is 0 Å². The van der Waals surface area contributed by atoms with E-state index >= 15 is 0 Å². The Morgan fingerprint density at radius 2 is 1.78 bits per heavy atom. The summed E-state index contributed by atoms with van der Waals surface area (Å²) in [5, 5.41) is 0. The average molecular weight is 423 g/mol. The maximum absolute atomic E-state index is 6.04. The summed E-state index contributed by atoms with van der Waals surface area (Å²) in [6.45, 7) is 0.520. The highest BCUT2D eigenvalue weighted by Crippen LogP contribution is 2.27. The highest BCUT2D eigenvalue weighted by atomic mass is 127. The van der Waals surface area contributed by atoms with Crippen LogP contribution in [-0.4, -0.2) is 23.9 Å². The van der Waals surface area contributed by atoms with Gasteiger partial charge in [0.1, 0.15) is 11.5 Å². The zero-order chi connectivity index (χ0) is 15.4. The van der Waals surface area contributed by atoms with Crippen LogP contribution in [0.3, 0.4) is 0 Å². The number of hydrogen-bond donors (Lipinski definition) is 1. The van der Waals surface area contributed by atoms with Crippen LogP contribution in [0.2, 0.25) is 0 Å².